The second-order valence-corrected chi connectivity index (χ2v) is 5.71. The molecule has 1 heterocycles. The first kappa shape index (κ1) is 12.8. The van der Waals surface area contributed by atoms with Gasteiger partial charge in [-0.25, -0.2) is 4.98 Å². The normalized spacial score (nSPS) is 12.5. The van der Waals surface area contributed by atoms with Gasteiger partial charge in [0, 0.05) is 35.3 Å². The maximum absolute atomic E-state index is 12.2. The summed E-state index contributed by atoms with van der Waals surface area (Å²) in [4.78, 5) is 4.82. The first-order chi connectivity index (χ1) is 8.68. The molecule has 0 spiro atoms. The van der Waals surface area contributed by atoms with Crippen LogP contribution in [0.1, 0.15) is 12.0 Å². The molecule has 1 atom stereocenters. The summed E-state index contributed by atoms with van der Waals surface area (Å²) in [6.07, 6.45) is 6.29. The fourth-order valence-electron chi connectivity index (χ4n) is 1.79. The highest BCUT2D eigenvalue weighted by Crippen LogP contribution is 2.19. The zero-order valence-corrected chi connectivity index (χ0v) is 11.2. The van der Waals surface area contributed by atoms with Gasteiger partial charge in [-0.05, 0) is 31.0 Å². The molecule has 0 amide bonds. The quantitative estimate of drug-likeness (QED) is 0.839. The van der Waals surface area contributed by atoms with Crippen LogP contribution in [-0.2, 0) is 17.3 Å². The van der Waals surface area contributed by atoms with Crippen molar-refractivity contribution in [1.82, 2.24) is 9.55 Å². The minimum Gasteiger partial charge on any atom is -0.398 e. The van der Waals surface area contributed by atoms with Gasteiger partial charge in [0.2, 0.25) is 0 Å². The van der Waals surface area contributed by atoms with Crippen LogP contribution >= 0.6 is 0 Å². The number of aromatic nitrogens is 2. The van der Waals surface area contributed by atoms with Crippen LogP contribution in [0.5, 0.6) is 0 Å². The van der Waals surface area contributed by atoms with Crippen molar-refractivity contribution < 1.29 is 4.21 Å². The van der Waals surface area contributed by atoms with Crippen LogP contribution in [0.25, 0.3) is 0 Å². The van der Waals surface area contributed by atoms with E-state index in [2.05, 4.69) is 4.98 Å². The lowest BCUT2D eigenvalue weighted by molar-refractivity contribution is 0.657. The molecule has 0 aliphatic carbocycles. The molecule has 1 aromatic carbocycles. The number of hydrogen-bond acceptors (Lipinski definition) is 3. The lowest BCUT2D eigenvalue weighted by Crippen LogP contribution is -2.05. The van der Waals surface area contributed by atoms with Crippen molar-refractivity contribution in [3.8, 4) is 0 Å². The summed E-state index contributed by atoms with van der Waals surface area (Å²) in [5.41, 5.74) is 7.45. The zero-order chi connectivity index (χ0) is 13.0. The summed E-state index contributed by atoms with van der Waals surface area (Å²) in [7, 11) is -0.981. The van der Waals surface area contributed by atoms with E-state index in [1.807, 2.05) is 35.9 Å². The van der Waals surface area contributed by atoms with Gasteiger partial charge in [0.1, 0.15) is 0 Å². The van der Waals surface area contributed by atoms with E-state index in [9.17, 15) is 4.21 Å². The minimum atomic E-state index is -0.981. The Kier molecular flexibility index (Phi) is 4.15. The predicted octanol–water partition coefficient (Wildman–Crippen LogP) is 1.97. The van der Waals surface area contributed by atoms with Gasteiger partial charge in [-0.2, -0.15) is 0 Å². The Balaban J connectivity index is 1.93. The molecule has 2 N–H and O–H groups in total. The third kappa shape index (κ3) is 2.98. The summed E-state index contributed by atoms with van der Waals surface area (Å²) < 4.78 is 14.2. The van der Waals surface area contributed by atoms with Gasteiger partial charge in [0.05, 0.1) is 17.1 Å². The standard InChI is InChI=1S/C13H17N3OS/c1-11-12(14)4-2-5-13(11)18(17)9-3-7-16-8-6-15-10-16/h2,4-6,8,10H,3,7,9,14H2,1H3. The van der Waals surface area contributed by atoms with Gasteiger partial charge >= 0.3 is 0 Å². The first-order valence-corrected chi connectivity index (χ1v) is 7.19. The number of nitrogen functional groups attached to an aromatic ring is 1. The van der Waals surface area contributed by atoms with Crippen molar-refractivity contribution >= 4 is 16.5 Å². The van der Waals surface area contributed by atoms with E-state index in [-0.39, 0.29) is 0 Å². The van der Waals surface area contributed by atoms with Crippen molar-refractivity contribution in [2.24, 2.45) is 0 Å². The zero-order valence-electron chi connectivity index (χ0n) is 10.4. The molecule has 18 heavy (non-hydrogen) atoms. The van der Waals surface area contributed by atoms with E-state index in [1.165, 1.54) is 0 Å². The van der Waals surface area contributed by atoms with E-state index in [0.717, 1.165) is 23.4 Å². The number of rotatable bonds is 5. The number of nitrogens with two attached hydrogens (primary N) is 1. The molecule has 1 unspecified atom stereocenters. The second-order valence-electron chi connectivity index (χ2n) is 4.17. The number of anilines is 1. The molecule has 0 radical (unpaired) electrons. The Hall–Kier alpha value is -1.62. The van der Waals surface area contributed by atoms with Gasteiger partial charge < -0.3 is 10.3 Å². The van der Waals surface area contributed by atoms with Gasteiger partial charge in [-0.15, -0.1) is 0 Å². The van der Waals surface area contributed by atoms with E-state index in [0.29, 0.717) is 11.4 Å². The third-order valence-electron chi connectivity index (χ3n) is 2.88. The van der Waals surface area contributed by atoms with Crippen LogP contribution in [-0.4, -0.2) is 19.5 Å². The Morgan fingerprint density at radius 1 is 1.44 bits per heavy atom. The summed E-state index contributed by atoms with van der Waals surface area (Å²) in [6, 6.07) is 5.58. The summed E-state index contributed by atoms with van der Waals surface area (Å²) in [5, 5.41) is 0. The second kappa shape index (κ2) is 5.82. The Morgan fingerprint density at radius 3 is 3.00 bits per heavy atom. The van der Waals surface area contributed by atoms with Crippen LogP contribution in [0, 0.1) is 6.92 Å². The Morgan fingerprint density at radius 2 is 2.28 bits per heavy atom. The topological polar surface area (TPSA) is 60.9 Å². The molecule has 96 valence electrons. The SMILES string of the molecule is Cc1c(N)cccc1S(=O)CCCn1ccnc1. The highest BCUT2D eigenvalue weighted by Gasteiger charge is 2.08. The fraction of sp³-hybridized carbons (Fsp3) is 0.308. The average Bonchev–Trinajstić information content (AvgIpc) is 2.85. The van der Waals surface area contributed by atoms with E-state index in [4.69, 9.17) is 5.73 Å². The first-order valence-electron chi connectivity index (χ1n) is 5.87. The highest BCUT2D eigenvalue weighted by molar-refractivity contribution is 7.85. The fourth-order valence-corrected chi connectivity index (χ4v) is 3.09. The van der Waals surface area contributed by atoms with E-state index >= 15 is 0 Å². The van der Waals surface area contributed by atoms with Gasteiger partial charge in [0.15, 0.2) is 0 Å². The molecule has 0 saturated heterocycles. The van der Waals surface area contributed by atoms with Crippen LogP contribution in [0.15, 0.2) is 41.8 Å². The van der Waals surface area contributed by atoms with Gasteiger partial charge in [0.25, 0.3) is 0 Å². The number of benzene rings is 1. The summed E-state index contributed by atoms with van der Waals surface area (Å²) in [6.45, 7) is 2.76. The molecule has 0 aliphatic rings. The average molecular weight is 263 g/mol. The lowest BCUT2D eigenvalue weighted by atomic mass is 10.2. The van der Waals surface area contributed by atoms with Crippen LogP contribution in [0.2, 0.25) is 0 Å². The van der Waals surface area contributed by atoms with Gasteiger partial charge in [-0.1, -0.05) is 6.07 Å². The van der Waals surface area contributed by atoms with E-state index < -0.39 is 10.8 Å². The molecule has 2 rings (SSSR count). The molecular formula is C13H17N3OS. The molecule has 1 aromatic heterocycles. The summed E-state index contributed by atoms with van der Waals surface area (Å²) >= 11 is 0. The van der Waals surface area contributed by atoms with Crippen molar-refractivity contribution in [2.75, 3.05) is 11.5 Å². The van der Waals surface area contributed by atoms with E-state index in [1.54, 1.807) is 12.5 Å². The van der Waals surface area contributed by atoms with Crippen molar-refractivity contribution in [3.05, 3.63) is 42.5 Å². The number of hydrogen-bond donors (Lipinski definition) is 1. The van der Waals surface area contributed by atoms with Crippen LogP contribution < -0.4 is 5.73 Å². The Bertz CT molecular complexity index is 537. The highest BCUT2D eigenvalue weighted by atomic mass is 32.2. The molecule has 0 fully saturated rings. The van der Waals surface area contributed by atoms with Crippen molar-refractivity contribution in [1.29, 1.82) is 0 Å². The lowest BCUT2D eigenvalue weighted by Gasteiger charge is -2.08. The maximum atomic E-state index is 12.2. The molecule has 0 bridgehead atoms. The predicted molar refractivity (Wildman–Crippen MR) is 73.7 cm³/mol. The molecule has 5 heteroatoms. The molecule has 0 saturated carbocycles. The number of aryl methyl sites for hydroxylation is 1. The van der Waals surface area contributed by atoms with Crippen LogP contribution in [0.3, 0.4) is 0 Å². The summed E-state index contributed by atoms with van der Waals surface area (Å²) in [5.74, 6) is 0.641. The van der Waals surface area contributed by atoms with Crippen molar-refractivity contribution in [3.63, 3.8) is 0 Å². The molecule has 4 nitrogen and oxygen atoms in total. The molecule has 0 aliphatic heterocycles. The number of nitrogens with zero attached hydrogens (tertiary/aromatic N) is 2. The number of imidazole rings is 1. The van der Waals surface area contributed by atoms with Crippen molar-refractivity contribution in [2.45, 2.75) is 24.8 Å². The van der Waals surface area contributed by atoms with Gasteiger partial charge in [-0.3, -0.25) is 4.21 Å². The molecular weight excluding hydrogens is 246 g/mol. The Labute approximate surface area is 109 Å². The third-order valence-corrected chi connectivity index (χ3v) is 4.47. The largest absolute Gasteiger partial charge is 0.398 e. The minimum absolute atomic E-state index is 0.641. The smallest absolute Gasteiger partial charge is 0.0945 e. The monoisotopic (exact) mass is 263 g/mol. The molecule has 2 aromatic rings. The van der Waals surface area contributed by atoms with Crippen LogP contribution in [0.4, 0.5) is 5.69 Å². The maximum Gasteiger partial charge on any atom is 0.0945 e.